The minimum Gasteiger partial charge on any atom is -0.420 e. The molecule has 2 aromatic rings. The number of hydrogen-bond donors (Lipinski definition) is 0. The molecule has 0 aliphatic carbocycles. The molecule has 1 aromatic heterocycles. The van der Waals surface area contributed by atoms with Crippen LogP contribution in [0.5, 0.6) is 0 Å². The second kappa shape index (κ2) is 5.44. The Morgan fingerprint density at radius 2 is 2.06 bits per heavy atom. The van der Waals surface area contributed by atoms with E-state index >= 15 is 0 Å². The van der Waals surface area contributed by atoms with Crippen LogP contribution in [0.25, 0.3) is 11.5 Å². The molecule has 0 aliphatic rings. The van der Waals surface area contributed by atoms with E-state index in [2.05, 4.69) is 10.2 Å². The quantitative estimate of drug-likeness (QED) is 0.800. The molecule has 0 amide bonds. The zero-order valence-electron chi connectivity index (χ0n) is 9.71. The van der Waals surface area contributed by atoms with Crippen molar-refractivity contribution in [3.05, 3.63) is 35.2 Å². The van der Waals surface area contributed by atoms with Gasteiger partial charge in [-0.05, 0) is 25.0 Å². The van der Waals surface area contributed by atoms with Gasteiger partial charge in [-0.25, -0.2) is 8.78 Å². The highest BCUT2D eigenvalue weighted by Gasteiger charge is 2.19. The number of hydrogen-bond acceptors (Lipinski definition) is 3. The zero-order valence-corrected chi connectivity index (χ0v) is 10.5. The van der Waals surface area contributed by atoms with Crippen LogP contribution in [0.15, 0.2) is 16.5 Å². The average molecular weight is 273 g/mol. The summed E-state index contributed by atoms with van der Waals surface area (Å²) in [7, 11) is 0. The van der Waals surface area contributed by atoms with Crippen molar-refractivity contribution in [2.24, 2.45) is 0 Å². The summed E-state index contributed by atoms with van der Waals surface area (Å²) < 4.78 is 32.6. The van der Waals surface area contributed by atoms with Gasteiger partial charge in [0.1, 0.15) is 17.2 Å². The Bertz CT molecular complexity index is 557. The van der Waals surface area contributed by atoms with Crippen LogP contribution in [0.1, 0.15) is 17.9 Å². The van der Waals surface area contributed by atoms with E-state index < -0.39 is 11.6 Å². The first-order valence-corrected chi connectivity index (χ1v) is 6.00. The van der Waals surface area contributed by atoms with Crippen LogP contribution in [0.4, 0.5) is 8.78 Å². The van der Waals surface area contributed by atoms with Crippen molar-refractivity contribution >= 4 is 11.6 Å². The van der Waals surface area contributed by atoms with Crippen LogP contribution in [-0.4, -0.2) is 16.1 Å². The number of halogens is 3. The van der Waals surface area contributed by atoms with E-state index in [1.807, 2.05) is 0 Å². The van der Waals surface area contributed by atoms with Crippen LogP contribution in [0, 0.1) is 18.6 Å². The molecule has 0 atom stereocenters. The molecule has 0 spiro atoms. The van der Waals surface area contributed by atoms with Gasteiger partial charge >= 0.3 is 0 Å². The van der Waals surface area contributed by atoms with Gasteiger partial charge in [-0.3, -0.25) is 0 Å². The molecular formula is C12H11ClF2N2O. The SMILES string of the molecule is Cc1ccc(F)c(-c2nnc(CCCCl)o2)c1F. The predicted molar refractivity (Wildman–Crippen MR) is 63.4 cm³/mol. The minimum atomic E-state index is -0.717. The maximum absolute atomic E-state index is 13.8. The summed E-state index contributed by atoms with van der Waals surface area (Å²) >= 11 is 5.54. The smallest absolute Gasteiger partial charge is 0.253 e. The van der Waals surface area contributed by atoms with Crippen LogP contribution >= 0.6 is 11.6 Å². The van der Waals surface area contributed by atoms with Crippen molar-refractivity contribution in [1.29, 1.82) is 0 Å². The van der Waals surface area contributed by atoms with Crippen molar-refractivity contribution in [2.75, 3.05) is 5.88 Å². The molecule has 0 unspecified atom stereocenters. The fourth-order valence-corrected chi connectivity index (χ4v) is 1.66. The summed E-state index contributed by atoms with van der Waals surface area (Å²) in [5, 5.41) is 7.40. The first-order chi connectivity index (χ1) is 8.63. The Labute approximate surface area is 108 Å². The number of nitrogens with zero attached hydrogens (tertiary/aromatic N) is 2. The van der Waals surface area contributed by atoms with E-state index in [0.717, 1.165) is 0 Å². The maximum Gasteiger partial charge on any atom is 0.253 e. The highest BCUT2D eigenvalue weighted by atomic mass is 35.5. The van der Waals surface area contributed by atoms with Gasteiger partial charge < -0.3 is 4.42 Å². The van der Waals surface area contributed by atoms with E-state index in [4.69, 9.17) is 16.0 Å². The van der Waals surface area contributed by atoms with Crippen LogP contribution in [0.3, 0.4) is 0 Å². The highest BCUT2D eigenvalue weighted by Crippen LogP contribution is 2.27. The Morgan fingerprint density at radius 1 is 1.28 bits per heavy atom. The lowest BCUT2D eigenvalue weighted by Crippen LogP contribution is -1.93. The third kappa shape index (κ3) is 2.51. The third-order valence-corrected chi connectivity index (χ3v) is 2.76. The Morgan fingerprint density at radius 3 is 2.78 bits per heavy atom. The number of rotatable bonds is 4. The molecule has 96 valence electrons. The van der Waals surface area contributed by atoms with Crippen LogP contribution in [-0.2, 0) is 6.42 Å². The molecule has 2 rings (SSSR count). The van der Waals surface area contributed by atoms with Gasteiger partial charge in [-0.15, -0.1) is 21.8 Å². The van der Waals surface area contributed by atoms with Gasteiger partial charge in [0.15, 0.2) is 0 Å². The Kier molecular flexibility index (Phi) is 3.91. The normalized spacial score (nSPS) is 10.9. The summed E-state index contributed by atoms with van der Waals surface area (Å²) in [5.41, 5.74) is 0.0477. The van der Waals surface area contributed by atoms with E-state index in [0.29, 0.717) is 30.2 Å². The molecule has 1 heterocycles. The third-order valence-electron chi connectivity index (χ3n) is 2.49. The molecule has 18 heavy (non-hydrogen) atoms. The van der Waals surface area contributed by atoms with E-state index in [-0.39, 0.29) is 11.5 Å². The largest absolute Gasteiger partial charge is 0.420 e. The molecule has 0 fully saturated rings. The van der Waals surface area contributed by atoms with Crippen LogP contribution < -0.4 is 0 Å². The number of alkyl halides is 1. The number of aryl methyl sites for hydroxylation is 2. The van der Waals surface area contributed by atoms with Gasteiger partial charge in [0.2, 0.25) is 5.89 Å². The fourth-order valence-electron chi connectivity index (χ4n) is 1.53. The van der Waals surface area contributed by atoms with Gasteiger partial charge in [-0.1, -0.05) is 6.07 Å². The van der Waals surface area contributed by atoms with Gasteiger partial charge in [0, 0.05) is 12.3 Å². The molecule has 0 N–H and O–H groups in total. The lowest BCUT2D eigenvalue weighted by molar-refractivity contribution is 0.491. The molecule has 1 aromatic carbocycles. The molecule has 0 radical (unpaired) electrons. The predicted octanol–water partition coefficient (Wildman–Crippen LogP) is 3.49. The van der Waals surface area contributed by atoms with Crippen molar-refractivity contribution in [2.45, 2.75) is 19.8 Å². The Balaban J connectivity index is 2.37. The van der Waals surface area contributed by atoms with E-state index in [1.54, 1.807) is 6.92 Å². The molecule has 0 aliphatic heterocycles. The molecule has 0 saturated carbocycles. The topological polar surface area (TPSA) is 38.9 Å². The zero-order chi connectivity index (χ0) is 13.1. The van der Waals surface area contributed by atoms with Crippen molar-refractivity contribution in [3.8, 4) is 11.5 Å². The van der Waals surface area contributed by atoms with E-state index in [1.165, 1.54) is 12.1 Å². The van der Waals surface area contributed by atoms with Crippen molar-refractivity contribution in [3.63, 3.8) is 0 Å². The molecule has 6 heteroatoms. The van der Waals surface area contributed by atoms with Crippen molar-refractivity contribution in [1.82, 2.24) is 10.2 Å². The van der Waals surface area contributed by atoms with Gasteiger partial charge in [0.05, 0.1) is 0 Å². The second-order valence-electron chi connectivity index (χ2n) is 3.85. The summed E-state index contributed by atoms with van der Waals surface area (Å²) in [6.07, 6.45) is 1.16. The Hall–Kier alpha value is -1.49. The van der Waals surface area contributed by atoms with Crippen LogP contribution in [0.2, 0.25) is 0 Å². The fraction of sp³-hybridized carbons (Fsp3) is 0.333. The molecular weight excluding hydrogens is 262 g/mol. The minimum absolute atomic E-state index is 0.140. The van der Waals surface area contributed by atoms with Gasteiger partial charge in [-0.2, -0.15) is 0 Å². The average Bonchev–Trinajstić information content (AvgIpc) is 2.80. The summed E-state index contributed by atoms with van der Waals surface area (Å²) in [6, 6.07) is 2.54. The lowest BCUT2D eigenvalue weighted by atomic mass is 10.1. The van der Waals surface area contributed by atoms with E-state index in [9.17, 15) is 8.78 Å². The maximum atomic E-state index is 13.8. The summed E-state index contributed by atoms with van der Waals surface area (Å²) in [6.45, 7) is 1.54. The first-order valence-electron chi connectivity index (χ1n) is 5.46. The molecule has 0 saturated heterocycles. The number of aromatic nitrogens is 2. The monoisotopic (exact) mass is 272 g/mol. The molecule has 3 nitrogen and oxygen atoms in total. The summed E-state index contributed by atoms with van der Waals surface area (Å²) in [5.74, 6) is -0.748. The lowest BCUT2D eigenvalue weighted by Gasteiger charge is -2.02. The van der Waals surface area contributed by atoms with Gasteiger partial charge in [0.25, 0.3) is 5.89 Å². The second-order valence-corrected chi connectivity index (χ2v) is 4.22. The standard InChI is InChI=1S/C12H11ClF2N2O/c1-7-4-5-8(14)10(11(7)15)12-17-16-9(18-12)3-2-6-13/h4-5H,2-3,6H2,1H3. The highest BCUT2D eigenvalue weighted by molar-refractivity contribution is 6.17. The number of benzene rings is 1. The summed E-state index contributed by atoms with van der Waals surface area (Å²) in [4.78, 5) is 0. The molecule has 0 bridgehead atoms. The first kappa shape index (κ1) is 13.0. The van der Waals surface area contributed by atoms with Crippen molar-refractivity contribution < 1.29 is 13.2 Å².